The van der Waals surface area contributed by atoms with Gasteiger partial charge in [-0.3, -0.25) is 4.57 Å². The van der Waals surface area contributed by atoms with E-state index in [9.17, 15) is 4.57 Å². The number of benzene rings is 1. The van der Waals surface area contributed by atoms with Gasteiger partial charge < -0.3 is 14.5 Å². The van der Waals surface area contributed by atoms with Crippen molar-refractivity contribution in [2.24, 2.45) is 0 Å². The minimum atomic E-state index is -4.08. The molecule has 0 saturated heterocycles. The molecular formula is C10H15O4P. The average Bonchev–Trinajstić information content (AvgIpc) is 2.14. The summed E-state index contributed by atoms with van der Waals surface area (Å²) in [4.78, 5) is 17.2. The highest BCUT2D eigenvalue weighted by molar-refractivity contribution is 7.51. The molecule has 0 aliphatic rings. The average molecular weight is 230 g/mol. The van der Waals surface area contributed by atoms with E-state index in [1.807, 2.05) is 12.1 Å². The Balaban J connectivity index is 2.61. The van der Waals surface area contributed by atoms with E-state index < -0.39 is 13.9 Å². The highest BCUT2D eigenvalue weighted by Gasteiger charge is 2.13. The first kappa shape index (κ1) is 12.2. The third-order valence-corrected chi connectivity index (χ3v) is 2.41. The Labute approximate surface area is 89.1 Å². The van der Waals surface area contributed by atoms with Crippen molar-refractivity contribution in [2.75, 3.05) is 6.35 Å². The van der Waals surface area contributed by atoms with Crippen molar-refractivity contribution in [3.05, 3.63) is 29.8 Å². The Hall–Kier alpha value is -0.830. The van der Waals surface area contributed by atoms with E-state index in [-0.39, 0.29) is 0 Å². The lowest BCUT2D eigenvalue weighted by Crippen LogP contribution is -1.98. The molecule has 0 aliphatic heterocycles. The fourth-order valence-electron chi connectivity index (χ4n) is 1.11. The van der Waals surface area contributed by atoms with Crippen LogP contribution < -0.4 is 4.74 Å². The Kier molecular flexibility index (Phi) is 3.91. The topological polar surface area (TPSA) is 66.8 Å². The summed E-state index contributed by atoms with van der Waals surface area (Å²) in [7, 11) is -4.08. The molecule has 0 heterocycles. The summed E-state index contributed by atoms with van der Waals surface area (Å²) in [6, 6.07) is 7.20. The molecule has 0 aliphatic carbocycles. The van der Waals surface area contributed by atoms with Crippen molar-refractivity contribution in [1.82, 2.24) is 0 Å². The second kappa shape index (κ2) is 4.79. The first-order chi connectivity index (χ1) is 6.88. The van der Waals surface area contributed by atoms with Gasteiger partial charge in [-0.1, -0.05) is 26.0 Å². The molecule has 4 nitrogen and oxygen atoms in total. The summed E-state index contributed by atoms with van der Waals surface area (Å²) in [5.41, 5.74) is 1.17. The van der Waals surface area contributed by atoms with Gasteiger partial charge in [0, 0.05) is 0 Å². The second-order valence-electron chi connectivity index (χ2n) is 3.66. The molecule has 0 amide bonds. The molecule has 1 aromatic rings. The van der Waals surface area contributed by atoms with Gasteiger partial charge in [0.2, 0.25) is 0 Å². The standard InChI is InChI=1S/C10H15O4P/c1-8(2)9-3-5-10(6-4-9)14-7-15(11,12)13/h3-6,8H,7H2,1-2H3,(H2,11,12,13). The predicted octanol–water partition coefficient (Wildman–Crippen LogP) is 2.32. The van der Waals surface area contributed by atoms with Crippen LogP contribution in [0.5, 0.6) is 5.75 Å². The first-order valence-corrected chi connectivity index (χ1v) is 6.45. The lowest BCUT2D eigenvalue weighted by atomic mass is 10.0. The lowest BCUT2D eigenvalue weighted by Gasteiger charge is -2.09. The van der Waals surface area contributed by atoms with Crippen molar-refractivity contribution >= 4 is 7.60 Å². The maximum atomic E-state index is 10.5. The van der Waals surface area contributed by atoms with E-state index in [0.29, 0.717) is 11.7 Å². The monoisotopic (exact) mass is 230 g/mol. The maximum Gasteiger partial charge on any atom is 0.362 e. The van der Waals surface area contributed by atoms with Crippen LogP contribution >= 0.6 is 7.60 Å². The Morgan fingerprint density at radius 2 is 1.80 bits per heavy atom. The second-order valence-corrected chi connectivity index (χ2v) is 5.25. The van der Waals surface area contributed by atoms with Crippen molar-refractivity contribution in [2.45, 2.75) is 19.8 Å². The number of hydrogen-bond donors (Lipinski definition) is 2. The molecule has 15 heavy (non-hydrogen) atoms. The van der Waals surface area contributed by atoms with E-state index >= 15 is 0 Å². The van der Waals surface area contributed by atoms with Crippen LogP contribution in [0.2, 0.25) is 0 Å². The van der Waals surface area contributed by atoms with Crippen LogP contribution in [0, 0.1) is 0 Å². The molecule has 84 valence electrons. The van der Waals surface area contributed by atoms with E-state index in [0.717, 1.165) is 0 Å². The fraction of sp³-hybridized carbons (Fsp3) is 0.400. The molecule has 0 radical (unpaired) electrons. The quantitative estimate of drug-likeness (QED) is 0.779. The first-order valence-electron chi connectivity index (χ1n) is 4.66. The zero-order valence-corrected chi connectivity index (χ0v) is 9.65. The van der Waals surface area contributed by atoms with Crippen LogP contribution in [0.25, 0.3) is 0 Å². The third-order valence-electron chi connectivity index (χ3n) is 1.95. The Bertz CT molecular complexity index is 352. The van der Waals surface area contributed by atoms with Crippen molar-refractivity contribution in [3.8, 4) is 5.75 Å². The molecule has 0 saturated carbocycles. The van der Waals surface area contributed by atoms with Gasteiger partial charge in [0.1, 0.15) is 5.75 Å². The SMILES string of the molecule is CC(C)c1ccc(OCP(=O)(O)O)cc1. The summed E-state index contributed by atoms with van der Waals surface area (Å²) >= 11 is 0. The molecule has 0 bridgehead atoms. The third kappa shape index (κ3) is 4.47. The minimum Gasteiger partial charge on any atom is -0.481 e. The Morgan fingerprint density at radius 1 is 1.27 bits per heavy atom. The van der Waals surface area contributed by atoms with E-state index in [4.69, 9.17) is 14.5 Å². The normalized spacial score (nSPS) is 11.8. The number of hydrogen-bond acceptors (Lipinski definition) is 2. The van der Waals surface area contributed by atoms with Crippen LogP contribution in [0.1, 0.15) is 25.3 Å². The van der Waals surface area contributed by atoms with E-state index in [1.165, 1.54) is 5.56 Å². The van der Waals surface area contributed by atoms with Gasteiger partial charge >= 0.3 is 7.60 Å². The van der Waals surface area contributed by atoms with Crippen LogP contribution in [0.3, 0.4) is 0 Å². The lowest BCUT2D eigenvalue weighted by molar-refractivity contribution is 0.300. The summed E-state index contributed by atoms with van der Waals surface area (Å²) in [5.74, 6) is 0.906. The van der Waals surface area contributed by atoms with E-state index in [2.05, 4.69) is 13.8 Å². The zero-order valence-electron chi connectivity index (χ0n) is 8.75. The molecule has 5 heteroatoms. The van der Waals surface area contributed by atoms with E-state index in [1.54, 1.807) is 12.1 Å². The van der Waals surface area contributed by atoms with Gasteiger partial charge in [0.25, 0.3) is 0 Å². The molecule has 0 spiro atoms. The number of ether oxygens (including phenoxy) is 1. The smallest absolute Gasteiger partial charge is 0.362 e. The van der Waals surface area contributed by atoms with Crippen molar-refractivity contribution < 1.29 is 19.1 Å². The molecule has 1 aromatic carbocycles. The molecule has 1 rings (SSSR count). The summed E-state index contributed by atoms with van der Waals surface area (Å²) < 4.78 is 15.5. The predicted molar refractivity (Wildman–Crippen MR) is 58.1 cm³/mol. The maximum absolute atomic E-state index is 10.5. The van der Waals surface area contributed by atoms with Crippen molar-refractivity contribution in [1.29, 1.82) is 0 Å². The van der Waals surface area contributed by atoms with Crippen LogP contribution in [-0.4, -0.2) is 16.1 Å². The molecule has 0 fully saturated rings. The molecule has 2 N–H and O–H groups in total. The zero-order chi connectivity index (χ0) is 11.5. The van der Waals surface area contributed by atoms with Crippen LogP contribution in [0.15, 0.2) is 24.3 Å². The molecule has 0 unspecified atom stereocenters. The van der Waals surface area contributed by atoms with Crippen LogP contribution in [-0.2, 0) is 4.57 Å². The number of rotatable bonds is 4. The summed E-state index contributed by atoms with van der Waals surface area (Å²) in [6.07, 6.45) is -0.575. The summed E-state index contributed by atoms with van der Waals surface area (Å²) in [6.45, 7) is 4.15. The summed E-state index contributed by atoms with van der Waals surface area (Å²) in [5, 5.41) is 0. The van der Waals surface area contributed by atoms with Gasteiger partial charge in [-0.2, -0.15) is 0 Å². The van der Waals surface area contributed by atoms with Gasteiger partial charge in [-0.05, 0) is 23.6 Å². The highest BCUT2D eigenvalue weighted by Crippen LogP contribution is 2.34. The van der Waals surface area contributed by atoms with Gasteiger partial charge in [-0.15, -0.1) is 0 Å². The molecule has 0 aromatic heterocycles. The van der Waals surface area contributed by atoms with Gasteiger partial charge in [0.15, 0.2) is 6.35 Å². The highest BCUT2D eigenvalue weighted by atomic mass is 31.2. The van der Waals surface area contributed by atoms with Gasteiger partial charge in [-0.25, -0.2) is 0 Å². The molecular weight excluding hydrogens is 215 g/mol. The molecule has 0 atom stereocenters. The Morgan fingerprint density at radius 3 is 2.20 bits per heavy atom. The fourth-order valence-corrected chi connectivity index (χ4v) is 1.42. The minimum absolute atomic E-state index is 0.431. The van der Waals surface area contributed by atoms with Gasteiger partial charge in [0.05, 0.1) is 0 Å². The largest absolute Gasteiger partial charge is 0.481 e. The van der Waals surface area contributed by atoms with Crippen LogP contribution in [0.4, 0.5) is 0 Å². The van der Waals surface area contributed by atoms with Crippen molar-refractivity contribution in [3.63, 3.8) is 0 Å².